The van der Waals surface area contributed by atoms with Gasteiger partial charge in [0, 0.05) is 13.1 Å². The van der Waals surface area contributed by atoms with Crippen LogP contribution in [0, 0.1) is 5.41 Å². The highest BCUT2D eigenvalue weighted by Gasteiger charge is 2.53. The average Bonchev–Trinajstić information content (AvgIpc) is 2.85. The maximum Gasteiger partial charge on any atom is 0.323 e. The van der Waals surface area contributed by atoms with Gasteiger partial charge in [-0.15, -0.1) is 0 Å². The van der Waals surface area contributed by atoms with Crippen molar-refractivity contribution in [2.24, 2.45) is 5.41 Å². The van der Waals surface area contributed by atoms with Crippen molar-refractivity contribution >= 4 is 11.9 Å². The zero-order valence-corrected chi connectivity index (χ0v) is 9.46. The third-order valence-corrected chi connectivity index (χ3v) is 3.36. The van der Waals surface area contributed by atoms with E-state index in [1.807, 2.05) is 0 Å². The largest absolute Gasteiger partial charge is 0.468 e. The van der Waals surface area contributed by atoms with Crippen LogP contribution in [-0.2, 0) is 19.1 Å². The molecule has 88 valence electrons. The summed E-state index contributed by atoms with van der Waals surface area (Å²) in [7, 11) is 2.60. The van der Waals surface area contributed by atoms with Crippen LogP contribution >= 0.6 is 0 Å². The number of hydrogen-bond donors (Lipinski definition) is 1. The second kappa shape index (κ2) is 3.90. The van der Waals surface area contributed by atoms with E-state index in [-0.39, 0.29) is 0 Å². The third-order valence-electron chi connectivity index (χ3n) is 3.36. The fraction of sp³-hybridized carbons (Fsp3) is 0.636. The molecular formula is C11H15NO4. The van der Waals surface area contributed by atoms with Crippen LogP contribution in [-0.4, -0.2) is 39.2 Å². The van der Waals surface area contributed by atoms with Crippen LogP contribution in [0.5, 0.6) is 0 Å². The molecule has 16 heavy (non-hydrogen) atoms. The normalized spacial score (nSPS) is 21.9. The van der Waals surface area contributed by atoms with E-state index in [1.165, 1.54) is 14.2 Å². The fourth-order valence-electron chi connectivity index (χ4n) is 2.54. The molecular weight excluding hydrogens is 210 g/mol. The molecule has 0 bridgehead atoms. The van der Waals surface area contributed by atoms with Crippen LogP contribution in [0.1, 0.15) is 12.8 Å². The highest BCUT2D eigenvalue weighted by molar-refractivity contribution is 6.01. The van der Waals surface area contributed by atoms with E-state index >= 15 is 0 Å². The molecule has 2 aliphatic rings. The summed E-state index contributed by atoms with van der Waals surface area (Å²) < 4.78 is 9.48. The first-order valence-corrected chi connectivity index (χ1v) is 5.21. The summed E-state index contributed by atoms with van der Waals surface area (Å²) in [5.74, 6) is -0.984. The van der Waals surface area contributed by atoms with Gasteiger partial charge in [-0.25, -0.2) is 0 Å². The molecule has 1 heterocycles. The number of carbonyl (C=O) groups is 2. The Labute approximate surface area is 93.8 Å². The average molecular weight is 225 g/mol. The number of rotatable bonds is 2. The molecule has 0 atom stereocenters. The molecule has 0 radical (unpaired) electrons. The molecule has 0 aromatic heterocycles. The standard InChI is InChI=1S/C11H15NO4/c1-15-9(13)11(10(14)16-2)3-7-5-12-6-8(7)4-11/h12H,3-6H2,1-2H3. The predicted molar refractivity (Wildman–Crippen MR) is 55.6 cm³/mol. The van der Waals surface area contributed by atoms with Gasteiger partial charge >= 0.3 is 11.9 Å². The molecule has 5 nitrogen and oxygen atoms in total. The van der Waals surface area contributed by atoms with Gasteiger partial charge in [0.1, 0.15) is 0 Å². The lowest BCUT2D eigenvalue weighted by atomic mass is 9.83. The second-order valence-corrected chi connectivity index (χ2v) is 4.23. The van der Waals surface area contributed by atoms with Crippen molar-refractivity contribution in [2.45, 2.75) is 12.8 Å². The number of ether oxygens (including phenoxy) is 2. The van der Waals surface area contributed by atoms with Crippen molar-refractivity contribution in [1.82, 2.24) is 5.32 Å². The van der Waals surface area contributed by atoms with Crippen molar-refractivity contribution < 1.29 is 19.1 Å². The topological polar surface area (TPSA) is 64.6 Å². The molecule has 1 aliphatic heterocycles. The van der Waals surface area contributed by atoms with Gasteiger partial charge in [0.25, 0.3) is 0 Å². The minimum absolute atomic E-state index is 0.425. The van der Waals surface area contributed by atoms with Gasteiger partial charge in [-0.2, -0.15) is 0 Å². The molecule has 0 spiro atoms. The van der Waals surface area contributed by atoms with Crippen LogP contribution < -0.4 is 5.32 Å². The van der Waals surface area contributed by atoms with Crippen LogP contribution in [0.4, 0.5) is 0 Å². The van der Waals surface area contributed by atoms with Crippen LogP contribution in [0.25, 0.3) is 0 Å². The number of methoxy groups -OCH3 is 2. The Kier molecular flexibility index (Phi) is 2.71. The maximum atomic E-state index is 11.8. The van der Waals surface area contributed by atoms with Gasteiger partial charge in [0.05, 0.1) is 14.2 Å². The highest BCUT2D eigenvalue weighted by Crippen LogP contribution is 2.45. The summed E-state index contributed by atoms with van der Waals surface area (Å²) in [4.78, 5) is 23.6. The Bertz CT molecular complexity index is 338. The van der Waals surface area contributed by atoms with Crippen molar-refractivity contribution in [3.05, 3.63) is 11.1 Å². The zero-order chi connectivity index (χ0) is 11.8. The number of hydrogen-bond acceptors (Lipinski definition) is 5. The molecule has 0 unspecified atom stereocenters. The van der Waals surface area contributed by atoms with E-state index in [0.29, 0.717) is 12.8 Å². The summed E-state index contributed by atoms with van der Waals surface area (Å²) in [6, 6.07) is 0. The Morgan fingerprint density at radius 2 is 1.50 bits per heavy atom. The summed E-state index contributed by atoms with van der Waals surface area (Å²) in [5.41, 5.74) is 1.17. The van der Waals surface area contributed by atoms with Crippen LogP contribution in [0.3, 0.4) is 0 Å². The summed E-state index contributed by atoms with van der Waals surface area (Å²) in [6.07, 6.45) is 0.851. The Morgan fingerprint density at radius 1 is 1.06 bits per heavy atom. The molecule has 0 aromatic carbocycles. The third kappa shape index (κ3) is 1.43. The van der Waals surface area contributed by atoms with E-state index in [4.69, 9.17) is 9.47 Å². The van der Waals surface area contributed by atoms with Crippen molar-refractivity contribution in [2.75, 3.05) is 27.3 Å². The molecule has 0 amide bonds. The van der Waals surface area contributed by atoms with Crippen molar-refractivity contribution in [3.63, 3.8) is 0 Å². The van der Waals surface area contributed by atoms with Crippen molar-refractivity contribution in [1.29, 1.82) is 0 Å². The van der Waals surface area contributed by atoms with Gasteiger partial charge in [-0.3, -0.25) is 9.59 Å². The molecule has 5 heteroatoms. The van der Waals surface area contributed by atoms with Gasteiger partial charge in [0.15, 0.2) is 5.41 Å². The monoisotopic (exact) mass is 225 g/mol. The zero-order valence-electron chi connectivity index (χ0n) is 9.46. The number of esters is 2. The first-order valence-electron chi connectivity index (χ1n) is 5.21. The lowest BCUT2D eigenvalue weighted by molar-refractivity contribution is -0.168. The van der Waals surface area contributed by atoms with E-state index in [1.54, 1.807) is 0 Å². The predicted octanol–water partition coefficient (Wildman–Crippen LogP) is 0.0124. The van der Waals surface area contributed by atoms with Crippen LogP contribution in [0.2, 0.25) is 0 Å². The lowest BCUT2D eigenvalue weighted by Crippen LogP contribution is -2.40. The molecule has 2 rings (SSSR count). The smallest absolute Gasteiger partial charge is 0.323 e. The first-order chi connectivity index (χ1) is 7.64. The maximum absolute atomic E-state index is 11.8. The molecule has 0 aromatic rings. The summed E-state index contributed by atoms with van der Waals surface area (Å²) in [5, 5.41) is 3.20. The lowest BCUT2D eigenvalue weighted by Gasteiger charge is -2.24. The van der Waals surface area contributed by atoms with Gasteiger partial charge in [-0.05, 0) is 12.8 Å². The molecule has 1 N–H and O–H groups in total. The Hall–Kier alpha value is -1.36. The number of nitrogens with one attached hydrogen (secondary N) is 1. The molecule has 0 saturated carbocycles. The molecule has 1 aliphatic carbocycles. The quantitative estimate of drug-likeness (QED) is 0.407. The summed E-state index contributed by atoms with van der Waals surface area (Å²) in [6.45, 7) is 1.51. The second-order valence-electron chi connectivity index (χ2n) is 4.23. The highest BCUT2D eigenvalue weighted by atomic mass is 16.5. The van der Waals surface area contributed by atoms with Crippen LogP contribution in [0.15, 0.2) is 11.1 Å². The van der Waals surface area contributed by atoms with Gasteiger partial charge in [-0.1, -0.05) is 11.1 Å². The van der Waals surface area contributed by atoms with Crippen molar-refractivity contribution in [3.8, 4) is 0 Å². The van der Waals surface area contributed by atoms with Gasteiger partial charge < -0.3 is 14.8 Å². The minimum Gasteiger partial charge on any atom is -0.468 e. The first kappa shape index (κ1) is 11.1. The van der Waals surface area contributed by atoms with Gasteiger partial charge in [0.2, 0.25) is 0 Å². The SMILES string of the molecule is COC(=O)C1(C(=O)OC)CC2=C(CNC2)C1. The fourth-order valence-corrected chi connectivity index (χ4v) is 2.54. The summed E-state index contributed by atoms with van der Waals surface area (Å²) >= 11 is 0. The van der Waals surface area contributed by atoms with E-state index in [2.05, 4.69) is 5.32 Å². The minimum atomic E-state index is -1.13. The Balaban J connectivity index is 2.27. The van der Waals surface area contributed by atoms with E-state index in [0.717, 1.165) is 24.2 Å². The number of carbonyl (C=O) groups excluding carboxylic acids is 2. The van der Waals surface area contributed by atoms with E-state index in [9.17, 15) is 9.59 Å². The molecule has 0 saturated heterocycles. The molecule has 0 fully saturated rings. The van der Waals surface area contributed by atoms with E-state index < -0.39 is 17.4 Å². The Morgan fingerprint density at radius 3 is 1.88 bits per heavy atom.